The first-order valence-electron chi connectivity index (χ1n) is 11.3. The number of nitrogens with zero attached hydrogens (tertiary/aromatic N) is 4. The lowest BCUT2D eigenvalue weighted by Crippen LogP contribution is -2.40. The number of carbonyl (C=O) groups excluding carboxylic acids is 2. The molecule has 0 radical (unpaired) electrons. The smallest absolute Gasteiger partial charge is 0.256 e. The highest BCUT2D eigenvalue weighted by Gasteiger charge is 2.50. The van der Waals surface area contributed by atoms with Gasteiger partial charge >= 0.3 is 0 Å². The van der Waals surface area contributed by atoms with E-state index in [2.05, 4.69) is 10.2 Å². The fourth-order valence-electron chi connectivity index (χ4n) is 4.82. The second kappa shape index (κ2) is 9.69. The average Bonchev–Trinajstić information content (AvgIpc) is 3.32. The van der Waals surface area contributed by atoms with Gasteiger partial charge in [-0.15, -0.1) is 0 Å². The predicted molar refractivity (Wildman–Crippen MR) is 145 cm³/mol. The minimum absolute atomic E-state index is 0.245. The van der Waals surface area contributed by atoms with Crippen LogP contribution in [0.1, 0.15) is 25.3 Å². The Morgan fingerprint density at radius 2 is 1.08 bits per heavy atom. The van der Waals surface area contributed by atoms with E-state index in [0.717, 1.165) is 0 Å². The zero-order valence-corrected chi connectivity index (χ0v) is 21.7. The van der Waals surface area contributed by atoms with Crippen LogP contribution in [-0.2, 0) is 9.59 Å². The van der Waals surface area contributed by atoms with Gasteiger partial charge in [-0.05, 0) is 74.0 Å². The van der Waals surface area contributed by atoms with Gasteiger partial charge < -0.3 is 0 Å². The van der Waals surface area contributed by atoms with Crippen molar-refractivity contribution in [3.8, 4) is 0 Å². The molecule has 2 aliphatic heterocycles. The molecule has 3 aromatic carbocycles. The van der Waals surface area contributed by atoms with Crippen LogP contribution in [0.15, 0.2) is 83.0 Å². The van der Waals surface area contributed by atoms with E-state index in [1.165, 1.54) is 10.0 Å². The Morgan fingerprint density at radius 1 is 0.667 bits per heavy atom. The quantitative estimate of drug-likeness (QED) is 0.357. The third kappa shape index (κ3) is 4.30. The van der Waals surface area contributed by atoms with Gasteiger partial charge in [0.2, 0.25) is 0 Å². The summed E-state index contributed by atoms with van der Waals surface area (Å²) in [6.45, 7) is 3.59. The number of anilines is 2. The molecule has 3 aromatic rings. The van der Waals surface area contributed by atoms with Crippen LogP contribution >= 0.6 is 34.8 Å². The van der Waals surface area contributed by atoms with Crippen molar-refractivity contribution in [2.75, 3.05) is 10.0 Å². The van der Waals surface area contributed by atoms with Crippen LogP contribution in [0.2, 0.25) is 15.1 Å². The van der Waals surface area contributed by atoms with E-state index in [0.29, 0.717) is 43.4 Å². The number of hydrogen-bond acceptors (Lipinski definition) is 4. The molecule has 9 heteroatoms. The van der Waals surface area contributed by atoms with Crippen molar-refractivity contribution in [3.63, 3.8) is 0 Å². The maximum atomic E-state index is 13.8. The van der Waals surface area contributed by atoms with Crippen LogP contribution in [-0.4, -0.2) is 23.2 Å². The normalized spacial score (nSPS) is 20.6. The first-order chi connectivity index (χ1) is 17.3. The highest BCUT2D eigenvalue weighted by atomic mass is 35.5. The molecule has 6 nitrogen and oxygen atoms in total. The molecule has 182 valence electrons. The lowest BCUT2D eigenvalue weighted by molar-refractivity contribution is -0.122. The number of hydrogen-bond donors (Lipinski definition) is 0. The topological polar surface area (TPSA) is 65.3 Å². The van der Waals surface area contributed by atoms with Crippen molar-refractivity contribution in [2.24, 2.45) is 22.0 Å². The Balaban J connectivity index is 1.57. The average molecular weight is 540 g/mol. The Kier molecular flexibility index (Phi) is 6.60. The van der Waals surface area contributed by atoms with Crippen LogP contribution in [0.25, 0.3) is 0 Å². The monoisotopic (exact) mass is 538 g/mol. The fourth-order valence-corrected chi connectivity index (χ4v) is 5.33. The summed E-state index contributed by atoms with van der Waals surface area (Å²) in [5, 5.41) is 13.5. The maximum Gasteiger partial charge on any atom is 0.256 e. The number of halogens is 3. The van der Waals surface area contributed by atoms with E-state index in [9.17, 15) is 9.59 Å². The Labute approximate surface area is 223 Å². The van der Waals surface area contributed by atoms with Crippen molar-refractivity contribution >= 4 is 69.4 Å². The van der Waals surface area contributed by atoms with Gasteiger partial charge in [0.05, 0.1) is 23.2 Å². The van der Waals surface area contributed by atoms with E-state index in [1.54, 1.807) is 68.4 Å². The molecule has 36 heavy (non-hydrogen) atoms. The van der Waals surface area contributed by atoms with Gasteiger partial charge in [0.15, 0.2) is 0 Å². The summed E-state index contributed by atoms with van der Waals surface area (Å²) in [5.74, 6) is -2.54. The Bertz CT molecular complexity index is 1320. The molecule has 2 unspecified atom stereocenters. The van der Waals surface area contributed by atoms with Gasteiger partial charge in [-0.3, -0.25) is 9.59 Å². The van der Waals surface area contributed by atoms with Gasteiger partial charge in [0.1, 0.15) is 0 Å². The van der Waals surface area contributed by atoms with Crippen LogP contribution < -0.4 is 10.0 Å². The summed E-state index contributed by atoms with van der Waals surface area (Å²) in [4.78, 5) is 27.7. The number of amides is 2. The summed E-state index contributed by atoms with van der Waals surface area (Å²) in [7, 11) is 0. The molecule has 0 saturated carbocycles. The van der Waals surface area contributed by atoms with Crippen LogP contribution in [0.4, 0.5) is 11.4 Å². The van der Waals surface area contributed by atoms with Gasteiger partial charge in [0.25, 0.3) is 11.8 Å². The molecule has 0 aromatic heterocycles. The van der Waals surface area contributed by atoms with E-state index < -0.39 is 17.8 Å². The largest absolute Gasteiger partial charge is 0.272 e. The zero-order valence-electron chi connectivity index (χ0n) is 19.4. The lowest BCUT2D eigenvalue weighted by atomic mass is 9.73. The van der Waals surface area contributed by atoms with E-state index in [4.69, 9.17) is 34.8 Å². The molecule has 2 amide bonds. The highest BCUT2D eigenvalue weighted by molar-refractivity contribution is 6.32. The Hall–Kier alpha value is -3.19. The summed E-state index contributed by atoms with van der Waals surface area (Å²) in [6, 6.07) is 21.0. The summed E-state index contributed by atoms with van der Waals surface area (Å²) < 4.78 is 0. The summed E-state index contributed by atoms with van der Waals surface area (Å²) in [5.41, 5.74) is 3.05. The number of carbonyl (C=O) groups is 2. The number of hydrazone groups is 2. The third-order valence-electron chi connectivity index (χ3n) is 6.49. The molecule has 0 bridgehead atoms. The van der Waals surface area contributed by atoms with Gasteiger partial charge in [-0.2, -0.15) is 10.2 Å². The maximum absolute atomic E-state index is 13.8. The van der Waals surface area contributed by atoms with Crippen molar-refractivity contribution in [1.82, 2.24) is 0 Å². The zero-order chi connectivity index (χ0) is 25.6. The molecule has 0 spiro atoms. The van der Waals surface area contributed by atoms with Crippen molar-refractivity contribution in [3.05, 3.63) is 93.4 Å². The van der Waals surface area contributed by atoms with Crippen molar-refractivity contribution < 1.29 is 9.59 Å². The molecule has 0 fully saturated rings. The highest BCUT2D eigenvalue weighted by Crippen LogP contribution is 2.44. The standard InChI is InChI=1S/C27H21Cl3N4O2/c1-15-23(26(35)33(31-15)19-11-7-17(28)8-12-19)25(21-5-3-4-6-22(21)30)24-16(2)32-34(27(24)36)20-13-9-18(29)10-14-20/h3-14,23-25H,1-2H3. The predicted octanol–water partition coefficient (Wildman–Crippen LogP) is 6.81. The van der Waals surface area contributed by atoms with Crippen molar-refractivity contribution in [2.45, 2.75) is 19.8 Å². The van der Waals surface area contributed by atoms with Crippen LogP contribution in [0, 0.1) is 11.8 Å². The van der Waals surface area contributed by atoms with E-state index >= 15 is 0 Å². The second-order valence-electron chi connectivity index (χ2n) is 8.74. The first kappa shape index (κ1) is 24.5. The molecular weight excluding hydrogens is 519 g/mol. The number of benzene rings is 3. The van der Waals surface area contributed by atoms with E-state index in [1.807, 2.05) is 18.2 Å². The fraction of sp³-hybridized carbons (Fsp3) is 0.185. The van der Waals surface area contributed by atoms with Gasteiger partial charge in [-0.25, -0.2) is 10.0 Å². The van der Waals surface area contributed by atoms with Crippen LogP contribution in [0.3, 0.4) is 0 Å². The van der Waals surface area contributed by atoms with Gasteiger partial charge in [-0.1, -0.05) is 53.0 Å². The second-order valence-corrected chi connectivity index (χ2v) is 10.0. The van der Waals surface area contributed by atoms with Gasteiger partial charge in [0, 0.05) is 32.4 Å². The molecular formula is C27H21Cl3N4O2. The van der Waals surface area contributed by atoms with E-state index in [-0.39, 0.29) is 11.8 Å². The van der Waals surface area contributed by atoms with Crippen molar-refractivity contribution in [1.29, 1.82) is 0 Å². The summed E-state index contributed by atoms with van der Waals surface area (Å²) in [6.07, 6.45) is 0. The molecule has 2 heterocycles. The minimum atomic E-state index is -0.718. The first-order valence-corrected chi connectivity index (χ1v) is 12.4. The third-order valence-corrected chi connectivity index (χ3v) is 7.34. The minimum Gasteiger partial charge on any atom is -0.272 e. The molecule has 0 N–H and O–H groups in total. The number of rotatable bonds is 5. The molecule has 0 saturated heterocycles. The molecule has 2 aliphatic rings. The molecule has 5 rings (SSSR count). The SMILES string of the molecule is CC1=NN(c2ccc(Cl)cc2)C(=O)C1C(c1ccccc1Cl)C1C(=O)N(c2ccc(Cl)cc2)N=C1C. The van der Waals surface area contributed by atoms with Crippen LogP contribution in [0.5, 0.6) is 0 Å². The molecule has 2 atom stereocenters. The lowest BCUT2D eigenvalue weighted by Gasteiger charge is -2.29. The Morgan fingerprint density at radius 3 is 1.50 bits per heavy atom. The summed E-state index contributed by atoms with van der Waals surface area (Å²) >= 11 is 18.7. The molecule has 0 aliphatic carbocycles.